The molecule has 0 N–H and O–H groups in total. The zero-order valence-corrected chi connectivity index (χ0v) is 22.5. The van der Waals surface area contributed by atoms with Crippen molar-refractivity contribution >= 4 is 32.3 Å². The van der Waals surface area contributed by atoms with E-state index in [-0.39, 0.29) is 10.8 Å². The summed E-state index contributed by atoms with van der Waals surface area (Å²) in [5.74, 6) is 1.90. The molecule has 4 aromatic carbocycles. The standard InChI is InChI=1S/C34H35NO/c1-20-11-12-23-22(15-20)16-27-31-30-25(13-14-35-31)24-10-8-9-21(18-33(2,3)4)26(24)17-29(30)36-32(27)28(23)19-34(5,6)7/h8-17H,18-19H2,1-7H3. The van der Waals surface area contributed by atoms with Crippen LogP contribution in [0.15, 0.2) is 60.8 Å². The minimum Gasteiger partial charge on any atom is -0.456 e. The molecule has 1 aliphatic heterocycles. The van der Waals surface area contributed by atoms with Crippen LogP contribution in [-0.4, -0.2) is 4.98 Å². The number of fused-ring (bicyclic) bond motifs is 5. The highest BCUT2D eigenvalue weighted by atomic mass is 16.5. The van der Waals surface area contributed by atoms with Gasteiger partial charge >= 0.3 is 0 Å². The Morgan fingerprint density at radius 1 is 0.750 bits per heavy atom. The Morgan fingerprint density at radius 2 is 1.53 bits per heavy atom. The molecule has 0 saturated carbocycles. The Kier molecular flexibility index (Phi) is 4.99. The predicted molar refractivity (Wildman–Crippen MR) is 153 cm³/mol. The van der Waals surface area contributed by atoms with Crippen molar-refractivity contribution in [3.05, 3.63) is 77.5 Å². The molecule has 0 bridgehead atoms. The van der Waals surface area contributed by atoms with Gasteiger partial charge in [-0.2, -0.15) is 0 Å². The number of hydrogen-bond acceptors (Lipinski definition) is 2. The molecule has 36 heavy (non-hydrogen) atoms. The van der Waals surface area contributed by atoms with E-state index in [4.69, 9.17) is 9.72 Å². The summed E-state index contributed by atoms with van der Waals surface area (Å²) in [5, 5.41) is 7.43. The minimum atomic E-state index is 0.124. The van der Waals surface area contributed by atoms with Gasteiger partial charge in [0.15, 0.2) is 0 Å². The first-order chi connectivity index (χ1) is 17.0. The van der Waals surface area contributed by atoms with Crippen LogP contribution in [-0.2, 0) is 12.8 Å². The quantitative estimate of drug-likeness (QED) is 0.233. The zero-order chi connectivity index (χ0) is 25.4. The highest BCUT2D eigenvalue weighted by Crippen LogP contribution is 2.52. The molecule has 2 heteroatoms. The largest absolute Gasteiger partial charge is 0.456 e. The van der Waals surface area contributed by atoms with Gasteiger partial charge in [0, 0.05) is 17.3 Å². The maximum atomic E-state index is 6.92. The Morgan fingerprint density at radius 3 is 2.28 bits per heavy atom. The molecule has 0 saturated heterocycles. The van der Waals surface area contributed by atoms with E-state index in [1.807, 2.05) is 6.20 Å². The third-order valence-corrected chi connectivity index (χ3v) is 7.21. The molecule has 0 atom stereocenters. The van der Waals surface area contributed by atoms with Gasteiger partial charge in [-0.3, -0.25) is 4.98 Å². The van der Waals surface area contributed by atoms with Crippen LogP contribution in [0.25, 0.3) is 43.6 Å². The lowest BCUT2D eigenvalue weighted by atomic mass is 9.82. The Hall–Kier alpha value is -3.39. The number of aromatic nitrogens is 1. The predicted octanol–water partition coefficient (Wildman–Crippen LogP) is 9.80. The van der Waals surface area contributed by atoms with Crippen LogP contribution in [0.5, 0.6) is 11.5 Å². The number of aryl methyl sites for hydroxylation is 1. The van der Waals surface area contributed by atoms with E-state index in [0.717, 1.165) is 41.0 Å². The number of hydrogen-bond donors (Lipinski definition) is 0. The molecule has 1 aliphatic rings. The summed E-state index contributed by atoms with van der Waals surface area (Å²) in [5.41, 5.74) is 6.39. The maximum absolute atomic E-state index is 6.92. The summed E-state index contributed by atoms with van der Waals surface area (Å²) in [6.45, 7) is 16.0. The lowest BCUT2D eigenvalue weighted by Gasteiger charge is -2.28. The van der Waals surface area contributed by atoms with Crippen molar-refractivity contribution in [2.75, 3.05) is 0 Å². The Bertz CT molecular complexity index is 1680. The van der Waals surface area contributed by atoms with Crippen molar-refractivity contribution in [3.63, 3.8) is 0 Å². The summed E-state index contributed by atoms with van der Waals surface area (Å²) in [6, 6.07) is 20.2. The van der Waals surface area contributed by atoms with Crippen molar-refractivity contribution in [2.45, 2.75) is 61.3 Å². The van der Waals surface area contributed by atoms with Gasteiger partial charge in [-0.15, -0.1) is 0 Å². The number of nitrogens with zero attached hydrogens (tertiary/aromatic N) is 1. The smallest absolute Gasteiger partial charge is 0.140 e. The van der Waals surface area contributed by atoms with E-state index in [9.17, 15) is 0 Å². The molecule has 0 unspecified atom stereocenters. The normalized spacial score (nSPS) is 13.3. The monoisotopic (exact) mass is 473 g/mol. The van der Waals surface area contributed by atoms with Crippen molar-refractivity contribution in [2.24, 2.45) is 10.8 Å². The second-order valence-corrected chi connectivity index (χ2v) is 13.0. The first-order valence-electron chi connectivity index (χ1n) is 13.1. The first kappa shape index (κ1) is 23.0. The van der Waals surface area contributed by atoms with Gasteiger partial charge in [-0.1, -0.05) is 83.5 Å². The van der Waals surface area contributed by atoms with Crippen LogP contribution >= 0.6 is 0 Å². The van der Waals surface area contributed by atoms with Gasteiger partial charge in [-0.05, 0) is 81.3 Å². The van der Waals surface area contributed by atoms with Crippen molar-refractivity contribution in [1.29, 1.82) is 0 Å². The van der Waals surface area contributed by atoms with Gasteiger partial charge in [-0.25, -0.2) is 0 Å². The second-order valence-electron chi connectivity index (χ2n) is 13.0. The fourth-order valence-corrected chi connectivity index (χ4v) is 5.86. The van der Waals surface area contributed by atoms with E-state index in [1.165, 1.54) is 43.6 Å². The molecule has 1 aromatic heterocycles. The van der Waals surface area contributed by atoms with E-state index < -0.39 is 0 Å². The summed E-state index contributed by atoms with van der Waals surface area (Å²) in [7, 11) is 0. The molecule has 2 nitrogen and oxygen atoms in total. The molecule has 0 aliphatic carbocycles. The van der Waals surface area contributed by atoms with Crippen LogP contribution in [0.2, 0.25) is 0 Å². The van der Waals surface area contributed by atoms with E-state index in [0.29, 0.717) is 0 Å². The molecule has 0 radical (unpaired) electrons. The van der Waals surface area contributed by atoms with Gasteiger partial charge in [0.05, 0.1) is 11.1 Å². The summed E-state index contributed by atoms with van der Waals surface area (Å²) in [4.78, 5) is 4.95. The number of pyridine rings is 1. The molecule has 0 amide bonds. The first-order valence-corrected chi connectivity index (χ1v) is 13.1. The van der Waals surface area contributed by atoms with Crippen molar-refractivity contribution in [3.8, 4) is 22.8 Å². The lowest BCUT2D eigenvalue weighted by molar-refractivity contribution is 0.400. The number of ether oxygens (including phenoxy) is 1. The highest BCUT2D eigenvalue weighted by molar-refractivity contribution is 6.17. The SMILES string of the molecule is Cc1ccc2c(CC(C)(C)C)c3c(cc2c1)-c1nccc2c1c(cc1c(CC(C)(C)C)cccc12)O3. The van der Waals surface area contributed by atoms with Gasteiger partial charge in [0.1, 0.15) is 11.5 Å². The average molecular weight is 474 g/mol. The van der Waals surface area contributed by atoms with E-state index in [2.05, 4.69) is 103 Å². The molecule has 2 heterocycles. The van der Waals surface area contributed by atoms with E-state index in [1.54, 1.807) is 0 Å². The van der Waals surface area contributed by atoms with Crippen molar-refractivity contribution in [1.82, 2.24) is 4.98 Å². The summed E-state index contributed by atoms with van der Waals surface area (Å²) in [6.07, 6.45) is 3.92. The van der Waals surface area contributed by atoms with Crippen LogP contribution < -0.4 is 4.74 Å². The van der Waals surface area contributed by atoms with Crippen LogP contribution in [0, 0.1) is 17.8 Å². The topological polar surface area (TPSA) is 22.1 Å². The average Bonchev–Trinajstić information content (AvgIpc) is 2.78. The zero-order valence-electron chi connectivity index (χ0n) is 22.5. The molecular formula is C34H35NO. The van der Waals surface area contributed by atoms with E-state index >= 15 is 0 Å². The molecule has 0 spiro atoms. The van der Waals surface area contributed by atoms with Crippen LogP contribution in [0.4, 0.5) is 0 Å². The maximum Gasteiger partial charge on any atom is 0.140 e. The van der Waals surface area contributed by atoms with Crippen LogP contribution in [0.3, 0.4) is 0 Å². The Balaban J connectivity index is 1.70. The summed E-state index contributed by atoms with van der Waals surface area (Å²) < 4.78 is 6.92. The second kappa shape index (κ2) is 7.80. The van der Waals surface area contributed by atoms with Gasteiger partial charge in [0.2, 0.25) is 0 Å². The lowest BCUT2D eigenvalue weighted by Crippen LogP contribution is -2.12. The fraction of sp³-hybridized carbons (Fsp3) is 0.324. The number of rotatable bonds is 2. The molecule has 5 aromatic rings. The molecular weight excluding hydrogens is 438 g/mol. The number of benzene rings is 4. The third-order valence-electron chi connectivity index (χ3n) is 7.21. The molecule has 6 rings (SSSR count). The Labute approximate surface area is 214 Å². The fourth-order valence-electron chi connectivity index (χ4n) is 5.86. The summed E-state index contributed by atoms with van der Waals surface area (Å²) >= 11 is 0. The van der Waals surface area contributed by atoms with Crippen molar-refractivity contribution < 1.29 is 4.74 Å². The molecule has 182 valence electrons. The minimum absolute atomic E-state index is 0.124. The highest BCUT2D eigenvalue weighted by Gasteiger charge is 2.29. The molecule has 0 fully saturated rings. The third kappa shape index (κ3) is 3.84. The van der Waals surface area contributed by atoms with Gasteiger partial charge < -0.3 is 4.74 Å². The van der Waals surface area contributed by atoms with Crippen LogP contribution in [0.1, 0.15) is 58.2 Å². The van der Waals surface area contributed by atoms with Gasteiger partial charge in [0.25, 0.3) is 0 Å².